The van der Waals surface area contributed by atoms with Crippen molar-refractivity contribution in [1.29, 1.82) is 0 Å². The van der Waals surface area contributed by atoms with Crippen molar-refractivity contribution in [3.8, 4) is 0 Å². The fraction of sp³-hybridized carbons (Fsp3) is 0.0784. The Morgan fingerprint density at radius 2 is 0.379 bits per heavy atom. The number of nitrogens with one attached hydrogen (secondary N) is 1. The van der Waals surface area contributed by atoms with Crippen LogP contribution in [0.25, 0.3) is 0 Å². The van der Waals surface area contributed by atoms with Crippen LogP contribution in [0.4, 0.5) is 94.0 Å². The lowest BCUT2D eigenvalue weighted by molar-refractivity contribution is 0.236. The van der Waals surface area contributed by atoms with Gasteiger partial charge in [-0.25, -0.2) is 67.9 Å². The van der Waals surface area contributed by atoms with E-state index >= 15 is 0 Å². The van der Waals surface area contributed by atoms with E-state index in [1.54, 1.807) is 120 Å². The number of anilines is 7. The molecule has 0 radical (unpaired) electrons. The molecule has 3 aliphatic heterocycles. The summed E-state index contributed by atoms with van der Waals surface area (Å²) >= 11 is 0. The zero-order valence-corrected chi connectivity index (χ0v) is 66.4. The van der Waals surface area contributed by atoms with Gasteiger partial charge in [0.15, 0.2) is 6.29 Å². The lowest BCUT2D eigenvalue weighted by Gasteiger charge is -2.50. The number of isocyanates is 5. The molecule has 22 heteroatoms. The number of guanidine groups is 2. The summed E-state index contributed by atoms with van der Waals surface area (Å²) in [5.74, 6) is 0.854. The first-order valence-electron chi connectivity index (χ1n) is 39.8. The van der Waals surface area contributed by atoms with E-state index < -0.39 is 6.29 Å². The van der Waals surface area contributed by atoms with Crippen LogP contribution in [0.1, 0.15) is 77.9 Å². The minimum atomic E-state index is -0.634. The molecule has 0 aliphatic carbocycles. The third kappa shape index (κ3) is 18.1. The van der Waals surface area contributed by atoms with Crippen molar-refractivity contribution in [1.82, 2.24) is 0 Å². The number of rotatable bonds is 29. The predicted octanol–water partition coefficient (Wildman–Crippen LogP) is 21.8. The van der Waals surface area contributed by atoms with E-state index in [4.69, 9.17) is 9.98 Å². The fourth-order valence-corrected chi connectivity index (χ4v) is 15.2. The number of urea groups is 3. The molecule has 3 fully saturated rings. The topological polar surface area (TPSA) is 255 Å². The smallest absolute Gasteiger partial charge is 0.342 e. The number of benzene rings is 14. The number of carbonyl (C=O) groups is 3. The minimum absolute atomic E-state index is 0.226. The van der Waals surface area contributed by atoms with Crippen molar-refractivity contribution in [3.05, 3.63) is 418 Å². The first-order valence-corrected chi connectivity index (χ1v) is 39.8. The second-order valence-electron chi connectivity index (χ2n) is 29.9. The van der Waals surface area contributed by atoms with Crippen LogP contribution < -0.4 is 34.7 Å². The van der Waals surface area contributed by atoms with Gasteiger partial charge in [0.05, 0.1) is 62.6 Å². The molecule has 22 nitrogen and oxygen atoms in total. The van der Waals surface area contributed by atoms with Gasteiger partial charge in [-0.2, -0.15) is 25.0 Å². The quantitative estimate of drug-likeness (QED) is 0.0345. The summed E-state index contributed by atoms with van der Waals surface area (Å²) in [6, 6.07) is 107. The molecule has 598 valence electrons. The van der Waals surface area contributed by atoms with Crippen LogP contribution in [0.3, 0.4) is 0 Å². The van der Waals surface area contributed by atoms with E-state index in [-0.39, 0.29) is 18.1 Å². The van der Waals surface area contributed by atoms with Crippen molar-refractivity contribution < 1.29 is 38.4 Å². The van der Waals surface area contributed by atoms with Gasteiger partial charge in [-0.1, -0.05) is 170 Å². The van der Waals surface area contributed by atoms with Crippen LogP contribution in [0.2, 0.25) is 0 Å². The zero-order valence-electron chi connectivity index (χ0n) is 66.4. The van der Waals surface area contributed by atoms with Gasteiger partial charge in [-0.15, -0.1) is 0 Å². The predicted molar refractivity (Wildman–Crippen MR) is 481 cm³/mol. The first-order chi connectivity index (χ1) is 60.8. The summed E-state index contributed by atoms with van der Waals surface area (Å²) in [6.45, 7) is 0. The summed E-state index contributed by atoms with van der Waals surface area (Å²) in [5, 5.41) is 3.67. The Kier molecular flexibility index (Phi) is 23.3. The fourth-order valence-electron chi connectivity index (χ4n) is 15.2. The van der Waals surface area contributed by atoms with Crippen LogP contribution in [0.15, 0.2) is 375 Å². The molecule has 0 saturated carbocycles. The third-order valence-corrected chi connectivity index (χ3v) is 21.7. The van der Waals surface area contributed by atoms with E-state index in [1.807, 2.05) is 267 Å². The van der Waals surface area contributed by atoms with Gasteiger partial charge >= 0.3 is 18.1 Å². The summed E-state index contributed by atoms with van der Waals surface area (Å²) in [5.41, 5.74) is 23.0. The lowest BCUT2D eigenvalue weighted by Crippen LogP contribution is -2.72. The summed E-state index contributed by atoms with van der Waals surface area (Å²) in [6.07, 6.45) is 11.6. The Labute approximate surface area is 712 Å². The number of aliphatic imine (C=N–C) groups is 7. The van der Waals surface area contributed by atoms with Crippen LogP contribution in [-0.4, -0.2) is 66.7 Å². The van der Waals surface area contributed by atoms with Gasteiger partial charge in [-0.3, -0.25) is 9.80 Å². The first kappa shape index (κ1) is 79.4. The van der Waals surface area contributed by atoms with Crippen LogP contribution >= 0.6 is 0 Å². The van der Waals surface area contributed by atoms with Gasteiger partial charge in [0, 0.05) is 17.1 Å². The average Bonchev–Trinajstić information content (AvgIpc) is 0.746. The highest BCUT2D eigenvalue weighted by molar-refractivity contribution is 6.44. The van der Waals surface area contributed by atoms with E-state index in [0.29, 0.717) is 131 Å². The minimum Gasteiger partial charge on any atom is -0.347 e. The zero-order chi connectivity index (χ0) is 84.8. The molecule has 14 aromatic carbocycles. The lowest BCUT2D eigenvalue weighted by atomic mass is 10.0. The molecule has 0 aromatic heterocycles. The normalized spacial score (nSPS) is 13.9. The number of nitrogens with zero attached hydrogens (tertiary/aromatic N) is 13. The second-order valence-corrected chi connectivity index (χ2v) is 29.9. The summed E-state index contributed by atoms with van der Waals surface area (Å²) in [7, 11) is 0. The van der Waals surface area contributed by atoms with Gasteiger partial charge < -0.3 is 5.32 Å². The van der Waals surface area contributed by atoms with Gasteiger partial charge in [-0.05, 0) is 293 Å². The highest BCUT2D eigenvalue weighted by Gasteiger charge is 2.48. The Morgan fingerprint density at radius 1 is 0.210 bits per heavy atom. The second kappa shape index (κ2) is 36.4. The largest absolute Gasteiger partial charge is 0.347 e. The van der Waals surface area contributed by atoms with E-state index in [2.05, 4.69) is 42.4 Å². The number of hydrogen-bond donors (Lipinski definition) is 1. The molecule has 1 atom stereocenters. The molecule has 0 spiro atoms. The van der Waals surface area contributed by atoms with Crippen molar-refractivity contribution in [2.75, 3.05) is 34.7 Å². The molecule has 17 rings (SSSR count). The van der Waals surface area contributed by atoms with E-state index in [9.17, 15) is 38.4 Å². The summed E-state index contributed by atoms with van der Waals surface area (Å²) in [4.78, 5) is 137. The molecule has 1 N–H and O–H groups in total. The third-order valence-electron chi connectivity index (χ3n) is 21.7. The highest BCUT2D eigenvalue weighted by Crippen LogP contribution is 2.40. The van der Waals surface area contributed by atoms with Crippen molar-refractivity contribution in [2.45, 2.75) is 51.2 Å². The molecule has 1 unspecified atom stereocenters. The van der Waals surface area contributed by atoms with Crippen LogP contribution in [0, 0.1) is 0 Å². The van der Waals surface area contributed by atoms with Crippen LogP contribution in [-0.2, 0) is 68.9 Å². The Balaban J connectivity index is 0.586. The van der Waals surface area contributed by atoms with Gasteiger partial charge in [0.2, 0.25) is 42.3 Å². The molecular weight excluding hydrogens is 1550 g/mol. The van der Waals surface area contributed by atoms with E-state index in [0.717, 1.165) is 83.6 Å². The Morgan fingerprint density at radius 3 is 0.573 bits per heavy atom. The Hall–Kier alpha value is -17.1. The number of amides is 6. The molecule has 0 bridgehead atoms. The van der Waals surface area contributed by atoms with Crippen molar-refractivity contribution in [2.24, 2.45) is 34.9 Å². The molecular formula is C102H72N14O8. The molecule has 3 heterocycles. The highest BCUT2D eigenvalue weighted by atomic mass is 16.2. The molecule has 3 saturated heterocycles. The molecule has 6 amide bonds. The van der Waals surface area contributed by atoms with Crippen LogP contribution in [0.5, 0.6) is 0 Å². The van der Waals surface area contributed by atoms with Crippen molar-refractivity contribution >= 4 is 140 Å². The molecule has 124 heavy (non-hydrogen) atoms. The monoisotopic (exact) mass is 1620 g/mol. The van der Waals surface area contributed by atoms with Gasteiger partial charge in [0.25, 0.3) is 0 Å². The van der Waals surface area contributed by atoms with Gasteiger partial charge in [0.1, 0.15) is 0 Å². The maximum absolute atomic E-state index is 14.7. The maximum Gasteiger partial charge on any atom is 0.342 e. The Bertz CT molecular complexity index is 6630. The molecule has 14 aromatic rings. The standard InChI is InChI=1S/C102H72N14O8/c117-64-103-83-29-1-69(2-30-83)57-74-11-39-88(40-12-74)108-97-111(91-45-17-77(18-46-91)59-71-5-33-85(34-6-71)105-66-119)100(122)114(97)94-51-23-80(24-52-94)62-76-15-43-90(44-16-76)110-99-113(93-49-21-79(22-50-93)61-73-9-37-87(38-10-73)107-68-121)102(124)116(99)96-55-27-82(28-56-96)63-81-25-53-95(54-26-81)115-98(109-89-41-13-75(14-42-89)58-70-3-31-84(32-4-70)104-65-118)112(101(115)123)92-47-19-78(20-48-92)60-72-7-35-86(36-8-72)106-67-120/h1-56,99,110H,57-63H2. The summed E-state index contributed by atoms with van der Waals surface area (Å²) < 4.78 is 0. The SMILES string of the molecule is O=C=Nc1ccc(Cc2ccc(N=C3N(c4ccc(Cc5ccc(N=C=O)cc5)cc4)C(=O)N3c3ccc(Cc4ccc(NC5N(c6ccc(Cc7ccc(N=C=O)cc7)cc6)C(=O)N5c5ccc(Cc6ccc(N7C(=O)N(c8ccc(Cc9ccc(N=C=O)cc9)cc8)C7=Nc7ccc(Cc8ccc(N=C=O)cc8)cc7)cc6)cc5)cc4)cc3)cc2)cc1. The maximum atomic E-state index is 14.7. The van der Waals surface area contributed by atoms with E-state index in [1.165, 1.54) is 0 Å². The number of carbonyl (C=O) groups excluding carboxylic acids is 8. The molecule has 3 aliphatic rings. The van der Waals surface area contributed by atoms with Crippen molar-refractivity contribution in [3.63, 3.8) is 0 Å². The average molecular weight is 1620 g/mol. The number of hydrogen-bond acceptors (Lipinski definition) is 16.